The van der Waals surface area contributed by atoms with E-state index in [9.17, 15) is 10.1 Å². The van der Waals surface area contributed by atoms with E-state index < -0.39 is 0 Å². The summed E-state index contributed by atoms with van der Waals surface area (Å²) < 4.78 is 0. The maximum atomic E-state index is 10.6. The molecule has 0 spiro atoms. The van der Waals surface area contributed by atoms with Crippen LogP contribution in [0.15, 0.2) is 41.8 Å². The van der Waals surface area contributed by atoms with Gasteiger partial charge in [-0.1, -0.05) is 19.9 Å². The van der Waals surface area contributed by atoms with Gasteiger partial charge in [-0.3, -0.25) is 10.1 Å². The zero-order valence-corrected chi connectivity index (χ0v) is 11.7. The van der Waals surface area contributed by atoms with Crippen molar-refractivity contribution in [1.29, 1.82) is 0 Å². The Hall–Kier alpha value is -1.88. The molecule has 1 N–H and O–H groups in total. The molecule has 2 rings (SSSR count). The fourth-order valence-corrected chi connectivity index (χ4v) is 2.84. The van der Waals surface area contributed by atoms with Gasteiger partial charge in [-0.05, 0) is 29.5 Å². The van der Waals surface area contributed by atoms with Crippen LogP contribution in [-0.2, 0) is 0 Å². The van der Waals surface area contributed by atoms with Crippen LogP contribution < -0.4 is 5.32 Å². The maximum Gasteiger partial charge on any atom is 0.269 e. The molecule has 4 nitrogen and oxygen atoms in total. The maximum absolute atomic E-state index is 10.6. The summed E-state index contributed by atoms with van der Waals surface area (Å²) in [7, 11) is 0. The highest BCUT2D eigenvalue weighted by atomic mass is 32.1. The van der Waals surface area contributed by atoms with E-state index in [1.165, 1.54) is 17.0 Å². The van der Waals surface area contributed by atoms with Crippen LogP contribution in [0.2, 0.25) is 0 Å². The molecule has 0 saturated heterocycles. The van der Waals surface area contributed by atoms with Crippen molar-refractivity contribution in [2.24, 2.45) is 5.92 Å². The second kappa shape index (κ2) is 5.84. The predicted octanol–water partition coefficient (Wildman–Crippen LogP) is 4.47. The molecule has 0 radical (unpaired) electrons. The van der Waals surface area contributed by atoms with Gasteiger partial charge in [0.2, 0.25) is 0 Å². The molecule has 19 heavy (non-hydrogen) atoms. The molecule has 1 atom stereocenters. The van der Waals surface area contributed by atoms with Crippen LogP contribution in [0.3, 0.4) is 0 Å². The first-order valence-corrected chi connectivity index (χ1v) is 7.00. The summed E-state index contributed by atoms with van der Waals surface area (Å²) >= 11 is 1.72. The molecule has 5 heteroatoms. The van der Waals surface area contributed by atoms with E-state index in [0.29, 0.717) is 5.92 Å². The third-order valence-electron chi connectivity index (χ3n) is 2.92. The summed E-state index contributed by atoms with van der Waals surface area (Å²) in [6.07, 6.45) is 0. The second-order valence-electron chi connectivity index (χ2n) is 4.69. The van der Waals surface area contributed by atoms with Crippen LogP contribution in [-0.4, -0.2) is 4.92 Å². The molecule has 0 bridgehead atoms. The van der Waals surface area contributed by atoms with Gasteiger partial charge in [-0.2, -0.15) is 0 Å². The van der Waals surface area contributed by atoms with E-state index in [1.54, 1.807) is 23.5 Å². The Labute approximate surface area is 116 Å². The van der Waals surface area contributed by atoms with Crippen molar-refractivity contribution in [1.82, 2.24) is 0 Å². The summed E-state index contributed by atoms with van der Waals surface area (Å²) in [4.78, 5) is 11.5. The molecule has 0 fully saturated rings. The van der Waals surface area contributed by atoms with Crippen LogP contribution in [0, 0.1) is 16.0 Å². The first-order valence-electron chi connectivity index (χ1n) is 6.12. The van der Waals surface area contributed by atoms with Gasteiger partial charge in [0.15, 0.2) is 0 Å². The van der Waals surface area contributed by atoms with Gasteiger partial charge in [0.25, 0.3) is 5.69 Å². The zero-order chi connectivity index (χ0) is 13.8. The van der Waals surface area contributed by atoms with E-state index in [4.69, 9.17) is 0 Å². The monoisotopic (exact) mass is 276 g/mol. The molecule has 0 aliphatic heterocycles. The number of nitro groups is 1. The van der Waals surface area contributed by atoms with Gasteiger partial charge >= 0.3 is 0 Å². The first kappa shape index (κ1) is 13.5. The molecule has 1 aromatic carbocycles. The average molecular weight is 276 g/mol. The Morgan fingerprint density at radius 2 is 1.89 bits per heavy atom. The van der Waals surface area contributed by atoms with Crippen molar-refractivity contribution in [3.8, 4) is 0 Å². The summed E-state index contributed by atoms with van der Waals surface area (Å²) in [6.45, 7) is 4.31. The van der Waals surface area contributed by atoms with E-state index in [2.05, 4.69) is 30.6 Å². The molecule has 0 aliphatic carbocycles. The van der Waals surface area contributed by atoms with Crippen molar-refractivity contribution >= 4 is 22.7 Å². The van der Waals surface area contributed by atoms with Gasteiger partial charge in [0.1, 0.15) is 0 Å². The number of anilines is 1. The van der Waals surface area contributed by atoms with Gasteiger partial charge in [0, 0.05) is 22.7 Å². The Kier molecular flexibility index (Phi) is 4.16. The number of hydrogen-bond donors (Lipinski definition) is 1. The van der Waals surface area contributed by atoms with Crippen LogP contribution in [0.1, 0.15) is 24.8 Å². The number of benzene rings is 1. The van der Waals surface area contributed by atoms with Crippen LogP contribution >= 0.6 is 11.3 Å². The lowest BCUT2D eigenvalue weighted by Crippen LogP contribution is -2.15. The van der Waals surface area contributed by atoms with Gasteiger partial charge in [0.05, 0.1) is 11.0 Å². The van der Waals surface area contributed by atoms with E-state index in [0.717, 1.165) is 5.69 Å². The van der Waals surface area contributed by atoms with Crippen molar-refractivity contribution in [2.75, 3.05) is 5.32 Å². The number of nitrogens with one attached hydrogen (secondary N) is 1. The van der Waals surface area contributed by atoms with Crippen LogP contribution in [0.5, 0.6) is 0 Å². The fourth-order valence-electron chi connectivity index (χ4n) is 1.89. The van der Waals surface area contributed by atoms with Crippen molar-refractivity contribution in [3.63, 3.8) is 0 Å². The Balaban J connectivity index is 2.16. The normalized spacial score (nSPS) is 12.4. The minimum absolute atomic E-state index is 0.114. The van der Waals surface area contributed by atoms with Gasteiger partial charge in [-0.25, -0.2) is 0 Å². The molecule has 1 heterocycles. The molecule has 0 aliphatic rings. The van der Waals surface area contributed by atoms with Crippen molar-refractivity contribution in [2.45, 2.75) is 19.9 Å². The number of hydrogen-bond acceptors (Lipinski definition) is 4. The quantitative estimate of drug-likeness (QED) is 0.647. The Morgan fingerprint density at radius 3 is 2.37 bits per heavy atom. The molecular formula is C14H16N2O2S. The number of rotatable bonds is 5. The minimum Gasteiger partial charge on any atom is -0.377 e. The smallest absolute Gasteiger partial charge is 0.269 e. The topological polar surface area (TPSA) is 55.2 Å². The SMILES string of the molecule is CC(C)C(Nc1ccc([N+](=O)[O-])cc1)c1cccs1. The Morgan fingerprint density at radius 1 is 1.21 bits per heavy atom. The lowest BCUT2D eigenvalue weighted by atomic mass is 10.0. The highest BCUT2D eigenvalue weighted by molar-refractivity contribution is 7.10. The van der Waals surface area contributed by atoms with Gasteiger partial charge in [-0.15, -0.1) is 11.3 Å². The second-order valence-corrected chi connectivity index (χ2v) is 5.66. The highest BCUT2D eigenvalue weighted by Crippen LogP contribution is 2.30. The average Bonchev–Trinajstić information content (AvgIpc) is 2.89. The number of nitrogens with zero attached hydrogens (tertiary/aromatic N) is 1. The third kappa shape index (κ3) is 3.32. The molecule has 100 valence electrons. The lowest BCUT2D eigenvalue weighted by Gasteiger charge is -2.22. The molecule has 0 saturated carbocycles. The van der Waals surface area contributed by atoms with Crippen molar-refractivity contribution < 1.29 is 4.92 Å². The highest BCUT2D eigenvalue weighted by Gasteiger charge is 2.16. The number of nitro benzene ring substituents is 1. The molecule has 1 unspecified atom stereocenters. The summed E-state index contributed by atoms with van der Waals surface area (Å²) in [6, 6.07) is 10.9. The lowest BCUT2D eigenvalue weighted by molar-refractivity contribution is -0.384. The van der Waals surface area contributed by atoms with Crippen LogP contribution in [0.25, 0.3) is 0 Å². The predicted molar refractivity (Wildman–Crippen MR) is 78.6 cm³/mol. The zero-order valence-electron chi connectivity index (χ0n) is 10.9. The van der Waals surface area contributed by atoms with Gasteiger partial charge < -0.3 is 5.32 Å². The minimum atomic E-state index is -0.386. The third-order valence-corrected chi connectivity index (χ3v) is 3.87. The fraction of sp³-hybridized carbons (Fsp3) is 0.286. The number of non-ortho nitro benzene ring substituents is 1. The van der Waals surface area contributed by atoms with E-state index >= 15 is 0 Å². The van der Waals surface area contributed by atoms with E-state index in [-0.39, 0.29) is 16.7 Å². The van der Waals surface area contributed by atoms with Crippen molar-refractivity contribution in [3.05, 3.63) is 56.8 Å². The standard InChI is InChI=1S/C14H16N2O2S/c1-10(2)14(13-4-3-9-19-13)15-11-5-7-12(8-6-11)16(17)18/h3-10,14-15H,1-2H3. The summed E-state index contributed by atoms with van der Waals surface area (Å²) in [5.74, 6) is 0.439. The molecule has 1 aromatic heterocycles. The Bertz CT molecular complexity index is 535. The summed E-state index contributed by atoms with van der Waals surface area (Å²) in [5.41, 5.74) is 1.01. The molecule has 2 aromatic rings. The largest absolute Gasteiger partial charge is 0.377 e. The molecule has 0 amide bonds. The van der Waals surface area contributed by atoms with E-state index in [1.807, 2.05) is 6.07 Å². The summed E-state index contributed by atoms with van der Waals surface area (Å²) in [5, 5.41) is 16.1. The number of thiophene rings is 1. The van der Waals surface area contributed by atoms with Crippen LogP contribution in [0.4, 0.5) is 11.4 Å². The molecular weight excluding hydrogens is 260 g/mol. The first-order chi connectivity index (χ1) is 9.08.